The average molecular weight is 311 g/mol. The summed E-state index contributed by atoms with van der Waals surface area (Å²) < 4.78 is 0. The molecule has 7 heteroatoms. The van der Waals surface area contributed by atoms with Crippen LogP contribution in [0.25, 0.3) is 15.3 Å². The van der Waals surface area contributed by atoms with Gasteiger partial charge in [-0.2, -0.15) is 15.8 Å². The molecule has 0 aliphatic rings. The number of aromatic nitrogens is 1. The molecular formula is C14H9N5S2. The van der Waals surface area contributed by atoms with E-state index in [1.165, 1.54) is 11.3 Å². The summed E-state index contributed by atoms with van der Waals surface area (Å²) in [6.07, 6.45) is 1.78. The Hall–Kier alpha value is -2.66. The second-order valence-corrected chi connectivity index (χ2v) is 6.24. The predicted octanol–water partition coefficient (Wildman–Crippen LogP) is 3.26. The van der Waals surface area contributed by atoms with Crippen LogP contribution in [-0.2, 0) is 0 Å². The molecule has 2 aromatic rings. The summed E-state index contributed by atoms with van der Waals surface area (Å²) >= 11 is 2.91. The number of nitriles is 3. The van der Waals surface area contributed by atoms with Crippen LogP contribution in [0, 0.1) is 34.0 Å². The predicted molar refractivity (Wildman–Crippen MR) is 83.5 cm³/mol. The van der Waals surface area contributed by atoms with Gasteiger partial charge in [0.15, 0.2) is 5.13 Å². The first-order valence-electron chi connectivity index (χ1n) is 5.79. The molecule has 0 saturated heterocycles. The van der Waals surface area contributed by atoms with Gasteiger partial charge in [0.05, 0.1) is 10.5 Å². The maximum absolute atomic E-state index is 9.15. The summed E-state index contributed by atoms with van der Waals surface area (Å²) in [6.45, 7) is 0. The first-order chi connectivity index (χ1) is 10.1. The number of hydrogen-bond acceptors (Lipinski definition) is 7. The van der Waals surface area contributed by atoms with Gasteiger partial charge >= 0.3 is 0 Å². The second kappa shape index (κ2) is 6.19. The van der Waals surface area contributed by atoms with Crippen LogP contribution >= 0.6 is 22.7 Å². The van der Waals surface area contributed by atoms with Crippen LogP contribution in [0.5, 0.6) is 0 Å². The van der Waals surface area contributed by atoms with Crippen LogP contribution < -0.4 is 4.90 Å². The summed E-state index contributed by atoms with van der Waals surface area (Å²) in [5, 5.41) is 27.8. The first-order valence-corrected chi connectivity index (χ1v) is 7.42. The molecule has 0 aliphatic heterocycles. The SMILES string of the molecule is CN(C)c1ncc(-c2ccc(C(C#N)=C(C#N)C#N)s2)s1. The van der Waals surface area contributed by atoms with E-state index in [0.717, 1.165) is 14.9 Å². The van der Waals surface area contributed by atoms with Gasteiger partial charge < -0.3 is 4.90 Å². The number of anilines is 1. The molecule has 2 aromatic heterocycles. The third-order valence-electron chi connectivity index (χ3n) is 2.56. The minimum atomic E-state index is -0.163. The summed E-state index contributed by atoms with van der Waals surface area (Å²) in [6, 6.07) is 9.07. The molecule has 5 nitrogen and oxygen atoms in total. The Kier molecular flexibility index (Phi) is 4.35. The Bertz CT molecular complexity index is 805. The molecule has 0 spiro atoms. The maximum Gasteiger partial charge on any atom is 0.185 e. The average Bonchev–Trinajstić information content (AvgIpc) is 3.12. The van der Waals surface area contributed by atoms with Gasteiger partial charge in [0, 0.05) is 30.0 Å². The van der Waals surface area contributed by atoms with Crippen LogP contribution in [-0.4, -0.2) is 19.1 Å². The van der Waals surface area contributed by atoms with Crippen LogP contribution in [0.4, 0.5) is 5.13 Å². The number of hydrogen-bond donors (Lipinski definition) is 0. The van der Waals surface area contributed by atoms with Gasteiger partial charge in [0.25, 0.3) is 0 Å². The highest BCUT2D eigenvalue weighted by Crippen LogP contribution is 2.37. The van der Waals surface area contributed by atoms with Gasteiger partial charge in [-0.1, -0.05) is 11.3 Å². The van der Waals surface area contributed by atoms with E-state index in [-0.39, 0.29) is 11.1 Å². The zero-order valence-electron chi connectivity index (χ0n) is 11.3. The molecule has 102 valence electrons. The molecule has 21 heavy (non-hydrogen) atoms. The molecule has 0 radical (unpaired) electrons. The minimum absolute atomic E-state index is 0.119. The van der Waals surface area contributed by atoms with Crippen molar-refractivity contribution in [2.45, 2.75) is 0 Å². The fourth-order valence-corrected chi connectivity index (χ4v) is 3.48. The van der Waals surface area contributed by atoms with Crippen LogP contribution in [0.1, 0.15) is 4.88 Å². The van der Waals surface area contributed by atoms with Crippen molar-refractivity contribution in [3.63, 3.8) is 0 Å². The number of rotatable bonds is 3. The van der Waals surface area contributed by atoms with E-state index in [1.54, 1.807) is 35.7 Å². The molecule has 2 rings (SSSR count). The molecule has 0 atom stereocenters. The number of nitrogens with zero attached hydrogens (tertiary/aromatic N) is 5. The Morgan fingerprint density at radius 1 is 1.05 bits per heavy atom. The normalized spacial score (nSPS) is 9.29. The van der Waals surface area contributed by atoms with Gasteiger partial charge in [-0.25, -0.2) is 4.98 Å². The van der Waals surface area contributed by atoms with Crippen molar-refractivity contribution in [1.82, 2.24) is 4.98 Å². The lowest BCUT2D eigenvalue weighted by Crippen LogP contribution is -2.07. The molecule has 0 unspecified atom stereocenters. The Labute approximate surface area is 130 Å². The monoisotopic (exact) mass is 311 g/mol. The summed E-state index contributed by atoms with van der Waals surface area (Å²) in [5.74, 6) is 0. The largest absolute Gasteiger partial charge is 0.354 e. The summed E-state index contributed by atoms with van der Waals surface area (Å²) in [5.41, 5.74) is -0.0437. The zero-order valence-corrected chi connectivity index (χ0v) is 12.9. The quantitative estimate of drug-likeness (QED) is 0.812. The molecular weight excluding hydrogens is 302 g/mol. The molecule has 0 aliphatic carbocycles. The summed E-state index contributed by atoms with van der Waals surface area (Å²) in [7, 11) is 3.84. The molecule has 0 aromatic carbocycles. The highest BCUT2D eigenvalue weighted by Gasteiger charge is 2.14. The molecule has 0 N–H and O–H groups in total. The molecule has 0 fully saturated rings. The Morgan fingerprint density at radius 3 is 2.29 bits per heavy atom. The third-order valence-corrected chi connectivity index (χ3v) is 5.02. The van der Waals surface area contributed by atoms with Gasteiger partial charge in [-0.15, -0.1) is 11.3 Å². The third kappa shape index (κ3) is 2.93. The Morgan fingerprint density at radius 2 is 1.76 bits per heavy atom. The lowest BCUT2D eigenvalue weighted by Gasteiger charge is -2.04. The van der Waals surface area contributed by atoms with E-state index in [1.807, 2.05) is 31.1 Å². The van der Waals surface area contributed by atoms with E-state index in [0.29, 0.717) is 4.88 Å². The van der Waals surface area contributed by atoms with Crippen molar-refractivity contribution in [3.05, 3.63) is 28.8 Å². The van der Waals surface area contributed by atoms with Gasteiger partial charge in [-0.3, -0.25) is 0 Å². The number of allylic oxidation sites excluding steroid dienone is 2. The van der Waals surface area contributed by atoms with E-state index < -0.39 is 0 Å². The maximum atomic E-state index is 9.15. The fraction of sp³-hybridized carbons (Fsp3) is 0.143. The Balaban J connectivity index is 2.43. The first kappa shape index (κ1) is 14.7. The van der Waals surface area contributed by atoms with Crippen LogP contribution in [0.2, 0.25) is 0 Å². The highest BCUT2D eigenvalue weighted by molar-refractivity contribution is 7.24. The smallest absolute Gasteiger partial charge is 0.185 e. The van der Waals surface area contributed by atoms with Crippen molar-refractivity contribution in [2.24, 2.45) is 0 Å². The van der Waals surface area contributed by atoms with Crippen LogP contribution in [0.3, 0.4) is 0 Å². The van der Waals surface area contributed by atoms with E-state index >= 15 is 0 Å². The molecule has 0 saturated carbocycles. The summed E-state index contributed by atoms with van der Waals surface area (Å²) in [4.78, 5) is 8.79. The number of thiophene rings is 1. The van der Waals surface area contributed by atoms with Crippen molar-refractivity contribution in [1.29, 1.82) is 15.8 Å². The van der Waals surface area contributed by atoms with Gasteiger partial charge in [0.2, 0.25) is 0 Å². The fourth-order valence-electron chi connectivity index (χ4n) is 1.56. The lowest BCUT2D eigenvalue weighted by atomic mass is 10.1. The minimum Gasteiger partial charge on any atom is -0.354 e. The van der Waals surface area contributed by atoms with Crippen molar-refractivity contribution >= 4 is 33.4 Å². The molecule has 0 amide bonds. The van der Waals surface area contributed by atoms with Crippen molar-refractivity contribution in [3.8, 4) is 28.0 Å². The van der Waals surface area contributed by atoms with E-state index in [4.69, 9.17) is 15.8 Å². The zero-order chi connectivity index (χ0) is 15.4. The van der Waals surface area contributed by atoms with Crippen molar-refractivity contribution in [2.75, 3.05) is 19.0 Å². The van der Waals surface area contributed by atoms with E-state index in [9.17, 15) is 0 Å². The second-order valence-electron chi connectivity index (χ2n) is 4.15. The molecule has 0 bridgehead atoms. The topological polar surface area (TPSA) is 87.5 Å². The van der Waals surface area contributed by atoms with Crippen LogP contribution in [0.15, 0.2) is 23.9 Å². The molecule has 2 heterocycles. The highest BCUT2D eigenvalue weighted by atomic mass is 32.1. The number of thiazole rings is 1. The van der Waals surface area contributed by atoms with Gasteiger partial charge in [0.1, 0.15) is 23.8 Å². The van der Waals surface area contributed by atoms with E-state index in [2.05, 4.69) is 4.98 Å². The lowest BCUT2D eigenvalue weighted by molar-refractivity contribution is 1.11. The van der Waals surface area contributed by atoms with Crippen molar-refractivity contribution < 1.29 is 0 Å². The standard InChI is InChI=1S/C14H9N5S2/c1-19(2)14-18-8-13(21-14)12-4-3-11(20-12)10(7-17)9(5-15)6-16/h3-4,8H,1-2H3. The van der Waals surface area contributed by atoms with Gasteiger partial charge in [-0.05, 0) is 12.1 Å².